The number of ether oxygens (including phenoxy) is 1. The van der Waals surface area contributed by atoms with Crippen LogP contribution >= 0.6 is 15.9 Å². The van der Waals surface area contributed by atoms with E-state index in [-0.39, 0.29) is 12.2 Å². The molecule has 1 aliphatic carbocycles. The van der Waals surface area contributed by atoms with Gasteiger partial charge in [0, 0.05) is 4.47 Å². The normalized spacial score (nSPS) is 26.4. The van der Waals surface area contributed by atoms with Gasteiger partial charge >= 0.3 is 0 Å². The first-order valence-corrected chi connectivity index (χ1v) is 5.65. The Morgan fingerprint density at radius 1 is 1.36 bits per heavy atom. The highest BCUT2D eigenvalue weighted by atomic mass is 79.9. The summed E-state index contributed by atoms with van der Waals surface area (Å²) in [5.41, 5.74) is 0. The average Bonchev–Trinajstić information content (AvgIpc) is 2.52. The fourth-order valence-corrected chi connectivity index (χ4v) is 2.14. The van der Waals surface area contributed by atoms with Gasteiger partial charge in [-0.25, -0.2) is 0 Å². The van der Waals surface area contributed by atoms with E-state index in [9.17, 15) is 5.11 Å². The summed E-state index contributed by atoms with van der Waals surface area (Å²) in [7, 11) is 0. The van der Waals surface area contributed by atoms with Crippen LogP contribution in [0.2, 0.25) is 0 Å². The number of benzene rings is 1. The molecule has 0 aromatic heterocycles. The Hall–Kier alpha value is -0.540. The highest BCUT2D eigenvalue weighted by Crippen LogP contribution is 2.26. The van der Waals surface area contributed by atoms with Gasteiger partial charge in [-0.1, -0.05) is 22.0 Å². The zero-order valence-electron chi connectivity index (χ0n) is 7.82. The molecule has 0 unspecified atom stereocenters. The van der Waals surface area contributed by atoms with Crippen molar-refractivity contribution in [2.24, 2.45) is 0 Å². The molecule has 0 radical (unpaired) electrons. The number of halogens is 1. The van der Waals surface area contributed by atoms with Crippen LogP contribution in [0.3, 0.4) is 0 Å². The van der Waals surface area contributed by atoms with E-state index >= 15 is 0 Å². The first-order valence-electron chi connectivity index (χ1n) is 4.86. The predicted molar refractivity (Wildman–Crippen MR) is 58.4 cm³/mol. The number of aliphatic hydroxyl groups excluding tert-OH is 1. The molecule has 76 valence electrons. The maximum absolute atomic E-state index is 9.58. The van der Waals surface area contributed by atoms with Crippen LogP contribution in [0, 0.1) is 0 Å². The van der Waals surface area contributed by atoms with Gasteiger partial charge in [-0.05, 0) is 37.5 Å². The lowest BCUT2D eigenvalue weighted by molar-refractivity contribution is 0.0604. The Bertz CT molecular complexity index is 314. The lowest BCUT2D eigenvalue weighted by atomic mass is 10.2. The van der Waals surface area contributed by atoms with E-state index in [1.165, 1.54) is 0 Å². The van der Waals surface area contributed by atoms with E-state index in [0.717, 1.165) is 29.5 Å². The number of hydrogen-bond acceptors (Lipinski definition) is 2. The summed E-state index contributed by atoms with van der Waals surface area (Å²) in [6, 6.07) is 7.72. The van der Waals surface area contributed by atoms with E-state index in [1.807, 2.05) is 24.3 Å². The predicted octanol–water partition coefficient (Wildman–Crippen LogP) is 2.74. The Kier molecular flexibility index (Phi) is 3.08. The topological polar surface area (TPSA) is 29.5 Å². The Labute approximate surface area is 92.0 Å². The molecular formula is C11H13BrO2. The van der Waals surface area contributed by atoms with Crippen molar-refractivity contribution < 1.29 is 9.84 Å². The first kappa shape index (κ1) is 9.99. The Balaban J connectivity index is 2.03. The molecule has 0 heterocycles. The zero-order valence-corrected chi connectivity index (χ0v) is 9.40. The average molecular weight is 257 g/mol. The molecule has 3 heteroatoms. The van der Waals surface area contributed by atoms with Gasteiger partial charge in [-0.2, -0.15) is 0 Å². The van der Waals surface area contributed by atoms with Gasteiger partial charge < -0.3 is 9.84 Å². The maximum Gasteiger partial charge on any atom is 0.124 e. The lowest BCUT2D eigenvalue weighted by Gasteiger charge is -2.16. The summed E-state index contributed by atoms with van der Waals surface area (Å²) in [5.74, 6) is 0.824. The quantitative estimate of drug-likeness (QED) is 0.882. The minimum absolute atomic E-state index is 0.0238. The molecule has 1 saturated carbocycles. The smallest absolute Gasteiger partial charge is 0.124 e. The van der Waals surface area contributed by atoms with Gasteiger partial charge in [-0.3, -0.25) is 0 Å². The summed E-state index contributed by atoms with van der Waals surface area (Å²) in [4.78, 5) is 0. The second-order valence-corrected chi connectivity index (χ2v) is 4.53. The third-order valence-electron chi connectivity index (χ3n) is 2.50. The van der Waals surface area contributed by atoms with Gasteiger partial charge in [-0.15, -0.1) is 0 Å². The molecule has 14 heavy (non-hydrogen) atoms. The van der Waals surface area contributed by atoms with E-state index in [4.69, 9.17) is 4.74 Å². The first-order chi connectivity index (χ1) is 6.75. The Morgan fingerprint density at radius 2 is 2.21 bits per heavy atom. The fourth-order valence-electron chi connectivity index (χ4n) is 1.76. The van der Waals surface area contributed by atoms with Crippen LogP contribution in [0.4, 0.5) is 0 Å². The number of hydrogen-bond donors (Lipinski definition) is 1. The number of aliphatic hydroxyl groups is 1. The van der Waals surface area contributed by atoms with E-state index in [2.05, 4.69) is 15.9 Å². The van der Waals surface area contributed by atoms with Crippen LogP contribution in [-0.2, 0) is 0 Å². The standard InChI is InChI=1S/C11H13BrO2/c12-8-3-1-4-9(7-8)14-11-6-2-5-10(11)13/h1,3-4,7,10-11,13H,2,5-6H2/t10-,11-/m1/s1. The van der Waals surface area contributed by atoms with Crippen molar-refractivity contribution >= 4 is 15.9 Å². The lowest BCUT2D eigenvalue weighted by Crippen LogP contribution is -2.25. The van der Waals surface area contributed by atoms with Crippen molar-refractivity contribution in [1.29, 1.82) is 0 Å². The molecule has 2 atom stereocenters. The molecule has 2 nitrogen and oxygen atoms in total. The van der Waals surface area contributed by atoms with E-state index < -0.39 is 0 Å². The SMILES string of the molecule is O[C@@H]1CCC[C@H]1Oc1cccc(Br)c1. The third-order valence-corrected chi connectivity index (χ3v) is 2.99. The highest BCUT2D eigenvalue weighted by molar-refractivity contribution is 9.10. The highest BCUT2D eigenvalue weighted by Gasteiger charge is 2.26. The minimum Gasteiger partial charge on any atom is -0.488 e. The molecule has 0 aliphatic heterocycles. The molecule has 1 N–H and O–H groups in total. The van der Waals surface area contributed by atoms with Crippen LogP contribution in [0.5, 0.6) is 5.75 Å². The summed E-state index contributed by atoms with van der Waals surface area (Å²) in [6.07, 6.45) is 2.55. The monoisotopic (exact) mass is 256 g/mol. The van der Waals surface area contributed by atoms with Gasteiger partial charge in [0.25, 0.3) is 0 Å². The molecule has 1 fully saturated rings. The Morgan fingerprint density at radius 3 is 2.86 bits per heavy atom. The van der Waals surface area contributed by atoms with Gasteiger partial charge in [0.2, 0.25) is 0 Å². The molecular weight excluding hydrogens is 244 g/mol. The van der Waals surface area contributed by atoms with Crippen LogP contribution in [0.15, 0.2) is 28.7 Å². The molecule has 0 spiro atoms. The van der Waals surface area contributed by atoms with Crippen molar-refractivity contribution in [3.63, 3.8) is 0 Å². The van der Waals surface area contributed by atoms with Crippen LogP contribution in [0.1, 0.15) is 19.3 Å². The van der Waals surface area contributed by atoms with E-state index in [1.54, 1.807) is 0 Å². The minimum atomic E-state index is -0.297. The molecule has 0 bridgehead atoms. The zero-order chi connectivity index (χ0) is 9.97. The van der Waals surface area contributed by atoms with Gasteiger partial charge in [0.05, 0.1) is 6.10 Å². The van der Waals surface area contributed by atoms with E-state index in [0.29, 0.717) is 0 Å². The summed E-state index contributed by atoms with van der Waals surface area (Å²) < 4.78 is 6.69. The van der Waals surface area contributed by atoms with Crippen molar-refractivity contribution in [2.45, 2.75) is 31.5 Å². The molecule has 1 aromatic rings. The maximum atomic E-state index is 9.58. The second kappa shape index (κ2) is 4.32. The van der Waals surface area contributed by atoms with Gasteiger partial charge in [0.15, 0.2) is 0 Å². The molecule has 1 aromatic carbocycles. The third kappa shape index (κ3) is 2.28. The largest absolute Gasteiger partial charge is 0.488 e. The van der Waals surface area contributed by atoms with Crippen molar-refractivity contribution in [2.75, 3.05) is 0 Å². The van der Waals surface area contributed by atoms with Crippen molar-refractivity contribution in [3.05, 3.63) is 28.7 Å². The molecule has 1 aliphatic rings. The summed E-state index contributed by atoms with van der Waals surface area (Å²) in [6.45, 7) is 0. The van der Waals surface area contributed by atoms with Crippen LogP contribution < -0.4 is 4.74 Å². The van der Waals surface area contributed by atoms with Gasteiger partial charge in [0.1, 0.15) is 11.9 Å². The van der Waals surface area contributed by atoms with Crippen LogP contribution in [-0.4, -0.2) is 17.3 Å². The molecule has 0 saturated heterocycles. The number of rotatable bonds is 2. The van der Waals surface area contributed by atoms with Crippen molar-refractivity contribution in [1.82, 2.24) is 0 Å². The fraction of sp³-hybridized carbons (Fsp3) is 0.455. The summed E-state index contributed by atoms with van der Waals surface area (Å²) in [5, 5.41) is 9.58. The molecule has 0 amide bonds. The summed E-state index contributed by atoms with van der Waals surface area (Å²) >= 11 is 3.38. The molecule has 2 rings (SSSR count). The van der Waals surface area contributed by atoms with Crippen molar-refractivity contribution in [3.8, 4) is 5.75 Å². The second-order valence-electron chi connectivity index (χ2n) is 3.61. The van der Waals surface area contributed by atoms with Crippen LogP contribution in [0.25, 0.3) is 0 Å².